The van der Waals surface area contributed by atoms with Crippen molar-refractivity contribution in [2.45, 2.75) is 4.90 Å². The lowest BCUT2D eigenvalue weighted by Gasteiger charge is -2.12. The summed E-state index contributed by atoms with van der Waals surface area (Å²) in [5.74, 6) is 0.278. The van der Waals surface area contributed by atoms with E-state index in [4.69, 9.17) is 11.5 Å². The van der Waals surface area contributed by atoms with Crippen LogP contribution in [0.25, 0.3) is 22.4 Å². The first-order valence-corrected chi connectivity index (χ1v) is 8.89. The van der Waals surface area contributed by atoms with E-state index in [2.05, 4.69) is 15.0 Å². The highest BCUT2D eigenvalue weighted by Gasteiger charge is 2.16. The van der Waals surface area contributed by atoms with Crippen LogP contribution in [-0.4, -0.2) is 29.6 Å². The van der Waals surface area contributed by atoms with Crippen molar-refractivity contribution in [3.63, 3.8) is 0 Å². The molecule has 0 radical (unpaired) electrons. The molecule has 24 heavy (non-hydrogen) atoms. The third-order valence-corrected chi connectivity index (χ3v) is 4.59. The molecule has 3 aromatic rings. The summed E-state index contributed by atoms with van der Waals surface area (Å²) in [6.07, 6.45) is 4.46. The van der Waals surface area contributed by atoms with Gasteiger partial charge in [0.15, 0.2) is 9.84 Å². The van der Waals surface area contributed by atoms with Crippen molar-refractivity contribution in [2.75, 3.05) is 17.7 Å². The highest BCUT2D eigenvalue weighted by Crippen LogP contribution is 2.34. The smallest absolute Gasteiger partial charge is 0.222 e. The molecule has 8 heteroatoms. The average Bonchev–Trinajstić information content (AvgIpc) is 2.54. The van der Waals surface area contributed by atoms with Crippen LogP contribution in [0.3, 0.4) is 0 Å². The number of nitrogen functional groups attached to an aromatic ring is 2. The van der Waals surface area contributed by atoms with Gasteiger partial charge in [0.2, 0.25) is 5.95 Å². The van der Waals surface area contributed by atoms with Gasteiger partial charge < -0.3 is 11.5 Å². The summed E-state index contributed by atoms with van der Waals surface area (Å²) in [5.41, 5.74) is 14.3. The zero-order chi connectivity index (χ0) is 17.3. The lowest BCUT2D eigenvalue weighted by Crippen LogP contribution is -2.05. The molecule has 3 rings (SSSR count). The molecule has 0 amide bonds. The first-order valence-electron chi connectivity index (χ1n) is 7.00. The molecule has 2 aromatic heterocycles. The maximum absolute atomic E-state index is 11.6. The van der Waals surface area contributed by atoms with Crippen LogP contribution in [0.15, 0.2) is 53.7 Å². The molecule has 122 valence electrons. The Morgan fingerprint density at radius 1 is 0.958 bits per heavy atom. The van der Waals surface area contributed by atoms with Crippen molar-refractivity contribution in [3.05, 3.63) is 48.8 Å². The molecule has 0 saturated carbocycles. The third kappa shape index (κ3) is 3.04. The van der Waals surface area contributed by atoms with E-state index in [9.17, 15) is 8.42 Å². The van der Waals surface area contributed by atoms with Crippen molar-refractivity contribution < 1.29 is 8.42 Å². The van der Waals surface area contributed by atoms with Gasteiger partial charge in [-0.25, -0.2) is 13.4 Å². The minimum absolute atomic E-state index is 0.0438. The quantitative estimate of drug-likeness (QED) is 0.743. The van der Waals surface area contributed by atoms with E-state index in [-0.39, 0.29) is 16.7 Å². The zero-order valence-electron chi connectivity index (χ0n) is 12.8. The molecule has 0 spiro atoms. The first-order chi connectivity index (χ1) is 11.4. The van der Waals surface area contributed by atoms with Gasteiger partial charge in [0.05, 0.1) is 16.2 Å². The Bertz CT molecular complexity index is 987. The van der Waals surface area contributed by atoms with Crippen molar-refractivity contribution >= 4 is 21.6 Å². The summed E-state index contributed by atoms with van der Waals surface area (Å²) in [4.78, 5) is 12.6. The predicted octanol–water partition coefficient (Wildman–Crippen LogP) is 1.77. The van der Waals surface area contributed by atoms with Crippen molar-refractivity contribution in [2.24, 2.45) is 0 Å². The Morgan fingerprint density at radius 3 is 2.25 bits per heavy atom. The van der Waals surface area contributed by atoms with Crippen LogP contribution < -0.4 is 11.5 Å². The molecule has 0 fully saturated rings. The van der Waals surface area contributed by atoms with Crippen LogP contribution in [-0.2, 0) is 9.84 Å². The second kappa shape index (κ2) is 5.89. The van der Waals surface area contributed by atoms with E-state index in [0.717, 1.165) is 11.8 Å². The molecule has 1 aromatic carbocycles. The largest absolute Gasteiger partial charge is 0.383 e. The van der Waals surface area contributed by atoms with Crippen LogP contribution in [0, 0.1) is 0 Å². The van der Waals surface area contributed by atoms with Crippen LogP contribution in [0.2, 0.25) is 0 Å². The summed E-state index contributed by atoms with van der Waals surface area (Å²) < 4.78 is 23.2. The van der Waals surface area contributed by atoms with Crippen LogP contribution in [0.5, 0.6) is 0 Å². The van der Waals surface area contributed by atoms with Gasteiger partial charge in [-0.3, -0.25) is 4.98 Å². The van der Waals surface area contributed by atoms with Crippen molar-refractivity contribution in [1.29, 1.82) is 0 Å². The molecule has 0 unspecified atom stereocenters. The number of nitrogens with zero attached hydrogens (tertiary/aromatic N) is 3. The third-order valence-electron chi connectivity index (χ3n) is 3.46. The maximum Gasteiger partial charge on any atom is 0.222 e. The highest BCUT2D eigenvalue weighted by atomic mass is 32.2. The number of anilines is 2. The molecule has 0 atom stereocenters. The molecule has 7 nitrogen and oxygen atoms in total. The van der Waals surface area contributed by atoms with E-state index < -0.39 is 9.84 Å². The second-order valence-corrected chi connectivity index (χ2v) is 7.24. The summed E-state index contributed by atoms with van der Waals surface area (Å²) in [5, 5.41) is 0. The minimum Gasteiger partial charge on any atom is -0.383 e. The lowest BCUT2D eigenvalue weighted by molar-refractivity contribution is 0.602. The van der Waals surface area contributed by atoms with E-state index in [0.29, 0.717) is 16.8 Å². The number of pyridine rings is 1. The molecule has 2 heterocycles. The van der Waals surface area contributed by atoms with Crippen molar-refractivity contribution in [3.8, 4) is 22.4 Å². The van der Waals surface area contributed by atoms with Crippen LogP contribution in [0.1, 0.15) is 0 Å². The molecular weight excluding hydrogens is 326 g/mol. The first kappa shape index (κ1) is 15.9. The van der Waals surface area contributed by atoms with Gasteiger partial charge >= 0.3 is 0 Å². The fourth-order valence-electron chi connectivity index (χ4n) is 2.36. The molecule has 0 aliphatic carbocycles. The Kier molecular flexibility index (Phi) is 3.90. The second-order valence-electron chi connectivity index (χ2n) is 5.23. The van der Waals surface area contributed by atoms with Gasteiger partial charge in [0, 0.05) is 29.8 Å². The van der Waals surface area contributed by atoms with Gasteiger partial charge in [0.1, 0.15) is 5.82 Å². The molecule has 4 N–H and O–H groups in total. The predicted molar refractivity (Wildman–Crippen MR) is 92.6 cm³/mol. The van der Waals surface area contributed by atoms with Gasteiger partial charge in [0.25, 0.3) is 0 Å². The summed E-state index contributed by atoms with van der Waals surface area (Å²) in [7, 11) is -3.27. The number of hydrogen-bond donors (Lipinski definition) is 2. The Labute approximate surface area is 139 Å². The van der Waals surface area contributed by atoms with E-state index >= 15 is 0 Å². The molecule has 0 aliphatic rings. The molecule has 0 aliphatic heterocycles. The van der Waals surface area contributed by atoms with Gasteiger partial charge in [-0.2, -0.15) is 4.98 Å². The Morgan fingerprint density at radius 2 is 1.67 bits per heavy atom. The summed E-state index contributed by atoms with van der Waals surface area (Å²) >= 11 is 0. The van der Waals surface area contributed by atoms with Crippen LogP contribution >= 0.6 is 0 Å². The number of benzene rings is 1. The van der Waals surface area contributed by atoms with Gasteiger partial charge in [-0.05, 0) is 18.2 Å². The molecule has 0 saturated heterocycles. The van der Waals surface area contributed by atoms with Gasteiger partial charge in [-0.15, -0.1) is 0 Å². The van der Waals surface area contributed by atoms with E-state index in [1.165, 1.54) is 12.1 Å². The highest BCUT2D eigenvalue weighted by molar-refractivity contribution is 7.90. The topological polar surface area (TPSA) is 125 Å². The normalized spacial score (nSPS) is 11.4. The SMILES string of the molecule is CS(=O)(=O)c1ccc(-c2nc(N)nc(N)c2-c2cccnc2)cc1. The Balaban J connectivity index is 2.21. The fraction of sp³-hybridized carbons (Fsp3) is 0.0625. The van der Waals surface area contributed by atoms with E-state index in [1.54, 1.807) is 30.6 Å². The number of sulfone groups is 1. The Hall–Kier alpha value is -3.00. The van der Waals surface area contributed by atoms with Crippen molar-refractivity contribution in [1.82, 2.24) is 15.0 Å². The number of nitrogens with two attached hydrogens (primary N) is 2. The molecule has 0 bridgehead atoms. The fourth-order valence-corrected chi connectivity index (χ4v) is 2.99. The monoisotopic (exact) mass is 341 g/mol. The van der Waals surface area contributed by atoms with Gasteiger partial charge in [-0.1, -0.05) is 18.2 Å². The average molecular weight is 341 g/mol. The minimum atomic E-state index is -3.27. The molecular formula is C16H15N5O2S. The zero-order valence-corrected chi connectivity index (χ0v) is 13.7. The van der Waals surface area contributed by atoms with Crippen LogP contribution in [0.4, 0.5) is 11.8 Å². The van der Waals surface area contributed by atoms with E-state index in [1.807, 2.05) is 6.07 Å². The number of hydrogen-bond acceptors (Lipinski definition) is 7. The number of rotatable bonds is 3. The standard InChI is InChI=1S/C16H15N5O2S/c1-24(22,23)12-6-4-10(5-7-12)14-13(11-3-2-8-19-9-11)15(17)21-16(18)20-14/h2-9H,1H3,(H4,17,18,20,21). The summed E-state index contributed by atoms with van der Waals surface area (Å²) in [6, 6.07) is 9.99. The number of aromatic nitrogens is 3. The lowest BCUT2D eigenvalue weighted by atomic mass is 10.0. The summed E-state index contributed by atoms with van der Waals surface area (Å²) in [6.45, 7) is 0. The maximum atomic E-state index is 11.6.